The number of hydrogen-bond acceptors (Lipinski definition) is 3. The third-order valence-electron chi connectivity index (χ3n) is 3.22. The van der Waals surface area contributed by atoms with Gasteiger partial charge in [-0.15, -0.1) is 0 Å². The van der Waals surface area contributed by atoms with E-state index in [2.05, 4.69) is 5.32 Å². The van der Waals surface area contributed by atoms with Crippen LogP contribution in [0.2, 0.25) is 0 Å². The van der Waals surface area contributed by atoms with E-state index in [1.807, 2.05) is 11.9 Å². The number of carbonyl (C=O) groups is 1. The molecule has 86 valence electrons. The van der Waals surface area contributed by atoms with Crippen molar-refractivity contribution in [3.05, 3.63) is 0 Å². The molecule has 0 aromatic heterocycles. The molecule has 1 N–H and O–H groups in total. The number of likely N-dealkylation sites (N-methyl/N-ethyl adjacent to an activating group) is 1. The normalized spacial score (nSPS) is 22.7. The molecular weight excluding hydrogens is 192 g/mol. The molecule has 0 atom stereocenters. The van der Waals surface area contributed by atoms with Gasteiger partial charge in [-0.05, 0) is 38.8 Å². The maximum atomic E-state index is 11.7. The Morgan fingerprint density at radius 1 is 1.33 bits per heavy atom. The highest BCUT2D eigenvalue weighted by atomic mass is 16.5. The zero-order valence-corrected chi connectivity index (χ0v) is 9.37. The summed E-state index contributed by atoms with van der Waals surface area (Å²) in [6, 6.07) is 0.495. The summed E-state index contributed by atoms with van der Waals surface area (Å²) >= 11 is 0. The van der Waals surface area contributed by atoms with Crippen LogP contribution < -0.4 is 5.32 Å². The Hall–Kier alpha value is -0.610. The lowest BCUT2D eigenvalue weighted by molar-refractivity contribution is -0.137. The first-order valence-corrected chi connectivity index (χ1v) is 5.85. The van der Waals surface area contributed by atoms with Crippen LogP contribution in [0, 0.1) is 0 Å². The van der Waals surface area contributed by atoms with Gasteiger partial charge in [0.25, 0.3) is 0 Å². The summed E-state index contributed by atoms with van der Waals surface area (Å²) in [6.07, 6.45) is 4.66. The van der Waals surface area contributed by atoms with E-state index in [-0.39, 0.29) is 18.6 Å². The molecule has 4 nitrogen and oxygen atoms in total. The van der Waals surface area contributed by atoms with Crippen molar-refractivity contribution in [1.82, 2.24) is 10.2 Å². The summed E-state index contributed by atoms with van der Waals surface area (Å²) < 4.78 is 5.61. The fourth-order valence-corrected chi connectivity index (χ4v) is 1.92. The van der Waals surface area contributed by atoms with Crippen LogP contribution >= 0.6 is 0 Å². The number of ether oxygens (including phenoxy) is 1. The minimum Gasteiger partial charge on any atom is -0.368 e. The molecule has 2 rings (SSSR count). The molecule has 1 aliphatic heterocycles. The Kier molecular flexibility index (Phi) is 3.59. The average Bonchev–Trinajstić information content (AvgIpc) is 3.10. The SMILES string of the molecule is CN(C(=O)COC1CCNCC1)C1CC1. The van der Waals surface area contributed by atoms with Crippen molar-refractivity contribution in [3.63, 3.8) is 0 Å². The summed E-state index contributed by atoms with van der Waals surface area (Å²) in [7, 11) is 1.88. The standard InChI is InChI=1S/C11H20N2O2/c1-13(9-2-3-9)11(14)8-15-10-4-6-12-7-5-10/h9-10,12H,2-8H2,1H3. The van der Waals surface area contributed by atoms with E-state index in [1.54, 1.807) is 0 Å². The highest BCUT2D eigenvalue weighted by molar-refractivity contribution is 5.77. The van der Waals surface area contributed by atoms with E-state index in [0.29, 0.717) is 6.04 Å². The maximum Gasteiger partial charge on any atom is 0.248 e. The zero-order chi connectivity index (χ0) is 10.7. The third kappa shape index (κ3) is 3.18. The van der Waals surface area contributed by atoms with Crippen LogP contribution in [0.1, 0.15) is 25.7 Å². The van der Waals surface area contributed by atoms with Crippen molar-refractivity contribution in [2.75, 3.05) is 26.7 Å². The molecule has 0 spiro atoms. The predicted octanol–water partition coefficient (Wildman–Crippen LogP) is 0.376. The van der Waals surface area contributed by atoms with Crippen LogP contribution in [0.5, 0.6) is 0 Å². The average molecular weight is 212 g/mol. The van der Waals surface area contributed by atoms with Crippen LogP contribution in [0.4, 0.5) is 0 Å². The Balaban J connectivity index is 1.65. The molecule has 1 saturated carbocycles. The molecule has 1 saturated heterocycles. The molecule has 2 fully saturated rings. The van der Waals surface area contributed by atoms with Crippen LogP contribution in [0.15, 0.2) is 0 Å². The van der Waals surface area contributed by atoms with Gasteiger partial charge >= 0.3 is 0 Å². The molecule has 15 heavy (non-hydrogen) atoms. The number of carbonyl (C=O) groups excluding carboxylic acids is 1. The Labute approximate surface area is 91.0 Å². The lowest BCUT2D eigenvalue weighted by atomic mass is 10.1. The van der Waals surface area contributed by atoms with Crippen molar-refractivity contribution >= 4 is 5.91 Å². The Morgan fingerprint density at radius 2 is 2.00 bits per heavy atom. The predicted molar refractivity (Wildman–Crippen MR) is 57.6 cm³/mol. The van der Waals surface area contributed by atoms with Gasteiger partial charge in [0.2, 0.25) is 5.91 Å². The lowest BCUT2D eigenvalue weighted by Crippen LogP contribution is -2.37. The topological polar surface area (TPSA) is 41.6 Å². The van der Waals surface area contributed by atoms with E-state index in [9.17, 15) is 4.79 Å². The monoisotopic (exact) mass is 212 g/mol. The van der Waals surface area contributed by atoms with Crippen LogP contribution in [0.25, 0.3) is 0 Å². The summed E-state index contributed by atoms with van der Waals surface area (Å²) in [5.74, 6) is 0.135. The fraction of sp³-hybridized carbons (Fsp3) is 0.909. The second kappa shape index (κ2) is 4.94. The molecule has 0 aromatic rings. The van der Waals surface area contributed by atoms with E-state index in [0.717, 1.165) is 38.8 Å². The molecule has 0 radical (unpaired) electrons. The number of amides is 1. The van der Waals surface area contributed by atoms with Crippen molar-refractivity contribution < 1.29 is 9.53 Å². The van der Waals surface area contributed by atoms with E-state index in [4.69, 9.17) is 4.74 Å². The van der Waals surface area contributed by atoms with Gasteiger partial charge in [-0.2, -0.15) is 0 Å². The second-order valence-corrected chi connectivity index (χ2v) is 4.50. The molecule has 4 heteroatoms. The summed E-state index contributed by atoms with van der Waals surface area (Å²) in [4.78, 5) is 13.5. The van der Waals surface area contributed by atoms with Gasteiger partial charge in [-0.1, -0.05) is 0 Å². The quantitative estimate of drug-likeness (QED) is 0.732. The van der Waals surface area contributed by atoms with Gasteiger partial charge in [-0.3, -0.25) is 4.79 Å². The van der Waals surface area contributed by atoms with Gasteiger partial charge in [-0.25, -0.2) is 0 Å². The molecule has 0 unspecified atom stereocenters. The number of piperidine rings is 1. The fourth-order valence-electron chi connectivity index (χ4n) is 1.92. The maximum absolute atomic E-state index is 11.7. The highest BCUT2D eigenvalue weighted by Crippen LogP contribution is 2.25. The van der Waals surface area contributed by atoms with Crippen LogP contribution in [-0.2, 0) is 9.53 Å². The number of rotatable bonds is 4. The van der Waals surface area contributed by atoms with Gasteiger partial charge in [0.05, 0.1) is 6.10 Å². The van der Waals surface area contributed by atoms with Crippen molar-refractivity contribution in [1.29, 1.82) is 0 Å². The van der Waals surface area contributed by atoms with Gasteiger partial charge in [0.1, 0.15) is 6.61 Å². The lowest BCUT2D eigenvalue weighted by Gasteiger charge is -2.24. The second-order valence-electron chi connectivity index (χ2n) is 4.50. The molecule has 1 aliphatic carbocycles. The minimum atomic E-state index is 0.135. The molecule has 0 bridgehead atoms. The first-order valence-electron chi connectivity index (χ1n) is 5.85. The van der Waals surface area contributed by atoms with Crippen molar-refractivity contribution in [2.24, 2.45) is 0 Å². The van der Waals surface area contributed by atoms with Crippen molar-refractivity contribution in [3.8, 4) is 0 Å². The highest BCUT2D eigenvalue weighted by Gasteiger charge is 2.29. The number of nitrogens with one attached hydrogen (secondary N) is 1. The van der Waals surface area contributed by atoms with E-state index < -0.39 is 0 Å². The summed E-state index contributed by atoms with van der Waals surface area (Å²) in [6.45, 7) is 2.28. The summed E-state index contributed by atoms with van der Waals surface area (Å²) in [5, 5.41) is 3.28. The zero-order valence-electron chi connectivity index (χ0n) is 9.37. The molecule has 0 aromatic carbocycles. The first kappa shape index (κ1) is 10.9. The van der Waals surface area contributed by atoms with Gasteiger partial charge in [0.15, 0.2) is 0 Å². The smallest absolute Gasteiger partial charge is 0.248 e. The first-order chi connectivity index (χ1) is 7.27. The Bertz CT molecular complexity index is 223. The Morgan fingerprint density at radius 3 is 2.60 bits per heavy atom. The van der Waals surface area contributed by atoms with Gasteiger partial charge < -0.3 is 15.0 Å². The van der Waals surface area contributed by atoms with Gasteiger partial charge in [0, 0.05) is 13.1 Å². The largest absolute Gasteiger partial charge is 0.368 e. The van der Waals surface area contributed by atoms with Crippen LogP contribution in [-0.4, -0.2) is 49.7 Å². The van der Waals surface area contributed by atoms with Crippen molar-refractivity contribution in [2.45, 2.75) is 37.8 Å². The minimum absolute atomic E-state index is 0.135. The molecule has 1 heterocycles. The molecule has 2 aliphatic rings. The number of hydrogen-bond donors (Lipinski definition) is 1. The summed E-state index contributed by atoms with van der Waals surface area (Å²) in [5.41, 5.74) is 0. The third-order valence-corrected chi connectivity index (χ3v) is 3.22. The molecule has 1 amide bonds. The van der Waals surface area contributed by atoms with E-state index >= 15 is 0 Å². The number of nitrogens with zero attached hydrogens (tertiary/aromatic N) is 1. The van der Waals surface area contributed by atoms with E-state index in [1.165, 1.54) is 0 Å². The van der Waals surface area contributed by atoms with Crippen LogP contribution in [0.3, 0.4) is 0 Å². The molecular formula is C11H20N2O2.